The van der Waals surface area contributed by atoms with E-state index < -0.39 is 0 Å². The lowest BCUT2D eigenvalue weighted by atomic mass is 10.2. The number of rotatable bonds is 6. The molecule has 0 unspecified atom stereocenters. The second-order valence-corrected chi connectivity index (χ2v) is 8.87. The zero-order valence-electron chi connectivity index (χ0n) is 18.5. The summed E-state index contributed by atoms with van der Waals surface area (Å²) in [5.41, 5.74) is 5.68. The molecule has 0 aromatic carbocycles. The molecule has 11 nitrogen and oxygen atoms in total. The van der Waals surface area contributed by atoms with Gasteiger partial charge in [0.05, 0.1) is 23.8 Å². The lowest BCUT2D eigenvalue weighted by Crippen LogP contribution is -2.22. The zero-order chi connectivity index (χ0) is 22.6. The van der Waals surface area contributed by atoms with Gasteiger partial charge in [-0.05, 0) is 25.8 Å². The molecule has 0 amide bonds. The molecule has 0 atom stereocenters. The largest absolute Gasteiger partial charge is 0.357 e. The lowest BCUT2D eigenvalue weighted by molar-refractivity contribution is 0.275. The molecule has 11 heteroatoms. The van der Waals surface area contributed by atoms with Crippen molar-refractivity contribution in [3.63, 3.8) is 0 Å². The maximum Gasteiger partial charge on any atom is 0.215 e. The van der Waals surface area contributed by atoms with Crippen LogP contribution in [0.3, 0.4) is 0 Å². The number of aryl methyl sites for hydroxylation is 1. The summed E-state index contributed by atoms with van der Waals surface area (Å²) in [7, 11) is 0. The average molecular weight is 454 g/mol. The van der Waals surface area contributed by atoms with E-state index in [1.807, 2.05) is 52.9 Å². The Hall–Kier alpha value is -4.41. The van der Waals surface area contributed by atoms with E-state index in [0.717, 1.165) is 46.3 Å². The van der Waals surface area contributed by atoms with Crippen molar-refractivity contribution in [2.45, 2.75) is 38.9 Å². The molecule has 1 saturated carbocycles. The van der Waals surface area contributed by atoms with Crippen LogP contribution in [0, 0.1) is 6.92 Å². The highest BCUT2D eigenvalue weighted by Gasteiger charge is 2.25. The number of hydrogen-bond acceptors (Lipinski definition) is 8. The third-order valence-corrected chi connectivity index (χ3v) is 6.17. The highest BCUT2D eigenvalue weighted by molar-refractivity contribution is 5.66. The minimum atomic E-state index is 0.605. The van der Waals surface area contributed by atoms with Crippen LogP contribution < -0.4 is 5.32 Å². The molecule has 0 bridgehead atoms. The SMILES string of the molecule is Cc1cn2c(Nc3cc(C4CC4)[nH]n3)nc(-c3cnn(CN4C=Cc5oncc5C4)c3)cc2n1. The maximum absolute atomic E-state index is 5.21. The van der Waals surface area contributed by atoms with E-state index >= 15 is 0 Å². The number of aromatic nitrogens is 8. The van der Waals surface area contributed by atoms with Crippen molar-refractivity contribution in [1.82, 2.24) is 44.4 Å². The first kappa shape index (κ1) is 19.1. The van der Waals surface area contributed by atoms with E-state index in [9.17, 15) is 0 Å². The summed E-state index contributed by atoms with van der Waals surface area (Å²) in [5, 5.41) is 19.3. The highest BCUT2D eigenvalue weighted by atomic mass is 16.5. The van der Waals surface area contributed by atoms with Gasteiger partial charge in [0.15, 0.2) is 11.6 Å². The normalized spacial score (nSPS) is 15.3. The first-order chi connectivity index (χ1) is 16.7. The van der Waals surface area contributed by atoms with Crippen molar-refractivity contribution in [3.8, 4) is 11.3 Å². The van der Waals surface area contributed by atoms with Crippen molar-refractivity contribution < 1.29 is 4.52 Å². The maximum atomic E-state index is 5.21. The van der Waals surface area contributed by atoms with E-state index in [2.05, 4.69) is 41.7 Å². The number of H-pyrrole nitrogens is 1. The second-order valence-electron chi connectivity index (χ2n) is 8.87. The summed E-state index contributed by atoms with van der Waals surface area (Å²) in [4.78, 5) is 11.7. The molecule has 2 N–H and O–H groups in total. The number of aromatic amines is 1. The van der Waals surface area contributed by atoms with Crippen LogP contribution in [0.2, 0.25) is 0 Å². The number of fused-ring (bicyclic) bond motifs is 2. The summed E-state index contributed by atoms with van der Waals surface area (Å²) in [6.45, 7) is 3.30. The minimum absolute atomic E-state index is 0.605. The molecule has 7 rings (SSSR count). The summed E-state index contributed by atoms with van der Waals surface area (Å²) >= 11 is 0. The fraction of sp³-hybridized carbons (Fsp3) is 0.261. The molecular formula is C23H22N10O. The molecule has 5 aromatic heterocycles. The van der Waals surface area contributed by atoms with Crippen LogP contribution in [0.1, 0.15) is 41.5 Å². The minimum Gasteiger partial charge on any atom is -0.357 e. The Bertz CT molecular complexity index is 1530. The molecule has 2 aliphatic rings. The molecule has 0 radical (unpaired) electrons. The van der Waals surface area contributed by atoms with Crippen LogP contribution in [-0.2, 0) is 13.2 Å². The van der Waals surface area contributed by atoms with Crippen molar-refractivity contribution in [2.24, 2.45) is 0 Å². The number of hydrogen-bond donors (Lipinski definition) is 2. The second kappa shape index (κ2) is 7.30. The van der Waals surface area contributed by atoms with Gasteiger partial charge in [0.1, 0.15) is 12.3 Å². The molecule has 0 saturated heterocycles. The van der Waals surface area contributed by atoms with Gasteiger partial charge in [-0.3, -0.25) is 14.2 Å². The fourth-order valence-electron chi connectivity index (χ4n) is 4.29. The van der Waals surface area contributed by atoms with Gasteiger partial charge in [-0.2, -0.15) is 10.2 Å². The van der Waals surface area contributed by atoms with Crippen molar-refractivity contribution in [3.05, 3.63) is 65.8 Å². The van der Waals surface area contributed by atoms with Crippen LogP contribution in [0.15, 0.2) is 47.6 Å². The molecular weight excluding hydrogens is 432 g/mol. The van der Waals surface area contributed by atoms with Crippen molar-refractivity contribution in [1.29, 1.82) is 0 Å². The molecule has 170 valence electrons. The number of nitrogens with zero attached hydrogens (tertiary/aromatic N) is 8. The lowest BCUT2D eigenvalue weighted by Gasteiger charge is -2.22. The van der Waals surface area contributed by atoms with Gasteiger partial charge in [-0.15, -0.1) is 0 Å². The van der Waals surface area contributed by atoms with Crippen LogP contribution in [-0.4, -0.2) is 44.4 Å². The Morgan fingerprint density at radius 3 is 3.03 bits per heavy atom. The smallest absolute Gasteiger partial charge is 0.215 e. The Kier molecular flexibility index (Phi) is 4.10. The monoisotopic (exact) mass is 454 g/mol. The summed E-state index contributed by atoms with van der Waals surface area (Å²) in [5.74, 6) is 2.83. The first-order valence-electron chi connectivity index (χ1n) is 11.3. The van der Waals surface area contributed by atoms with E-state index in [4.69, 9.17) is 9.51 Å². The van der Waals surface area contributed by atoms with Crippen LogP contribution in [0.5, 0.6) is 0 Å². The van der Waals surface area contributed by atoms with E-state index in [1.54, 1.807) is 6.20 Å². The Morgan fingerprint density at radius 2 is 2.12 bits per heavy atom. The first-order valence-corrected chi connectivity index (χ1v) is 11.3. The topological polar surface area (TPSA) is 118 Å². The van der Waals surface area contributed by atoms with Gasteiger partial charge in [0.25, 0.3) is 0 Å². The molecule has 1 aliphatic carbocycles. The molecule has 6 heterocycles. The zero-order valence-corrected chi connectivity index (χ0v) is 18.5. The molecule has 1 aliphatic heterocycles. The van der Waals surface area contributed by atoms with Crippen molar-refractivity contribution >= 4 is 23.5 Å². The highest BCUT2D eigenvalue weighted by Crippen LogP contribution is 2.39. The van der Waals surface area contributed by atoms with Crippen molar-refractivity contribution in [2.75, 3.05) is 5.32 Å². The predicted molar refractivity (Wildman–Crippen MR) is 124 cm³/mol. The van der Waals surface area contributed by atoms with E-state index in [1.165, 1.54) is 18.5 Å². The van der Waals surface area contributed by atoms with Crippen LogP contribution in [0.4, 0.5) is 11.8 Å². The molecule has 34 heavy (non-hydrogen) atoms. The van der Waals surface area contributed by atoms with Gasteiger partial charge in [-0.1, -0.05) is 5.16 Å². The Labute approximate surface area is 194 Å². The van der Waals surface area contributed by atoms with Gasteiger partial charge in [0, 0.05) is 60.0 Å². The standard InChI is InChI=1S/C23H22N10O/c1-14-10-33-22(26-14)7-18(27-23(33)28-21-6-19(29-30-21)15-2-3-15)16-8-24-32(12-16)13-31-5-4-20-17(11-31)9-25-34-20/h4-10,12,15H,2-3,11,13H2,1H3,(H2,27,28,29,30). The van der Waals surface area contributed by atoms with E-state index in [-0.39, 0.29) is 0 Å². The predicted octanol–water partition coefficient (Wildman–Crippen LogP) is 3.68. The average Bonchev–Trinajstić information content (AvgIpc) is 3.21. The van der Waals surface area contributed by atoms with Gasteiger partial charge in [-0.25, -0.2) is 9.97 Å². The molecule has 0 spiro atoms. The van der Waals surface area contributed by atoms with Crippen LogP contribution in [0.25, 0.3) is 23.0 Å². The van der Waals surface area contributed by atoms with E-state index in [0.29, 0.717) is 18.5 Å². The number of nitrogens with one attached hydrogen (secondary N) is 2. The molecule has 1 fully saturated rings. The third-order valence-electron chi connectivity index (χ3n) is 6.17. The number of anilines is 2. The van der Waals surface area contributed by atoms with Crippen LogP contribution >= 0.6 is 0 Å². The summed E-state index contributed by atoms with van der Waals surface area (Å²) in [6, 6.07) is 4.04. The van der Waals surface area contributed by atoms with Gasteiger partial charge >= 0.3 is 0 Å². The van der Waals surface area contributed by atoms with Gasteiger partial charge in [0.2, 0.25) is 5.95 Å². The number of imidazole rings is 1. The quantitative estimate of drug-likeness (QED) is 0.399. The third kappa shape index (κ3) is 3.41. The van der Waals surface area contributed by atoms with Gasteiger partial charge < -0.3 is 14.7 Å². The summed E-state index contributed by atoms with van der Waals surface area (Å²) in [6.07, 6.45) is 13.9. The fourth-order valence-corrected chi connectivity index (χ4v) is 4.29. The Morgan fingerprint density at radius 1 is 1.18 bits per heavy atom. The Balaban J connectivity index is 1.17. The molecule has 5 aromatic rings. The summed E-state index contributed by atoms with van der Waals surface area (Å²) < 4.78 is 9.05.